The summed E-state index contributed by atoms with van der Waals surface area (Å²) in [7, 11) is 0. The van der Waals surface area contributed by atoms with Gasteiger partial charge in [0.25, 0.3) is 0 Å². The molecule has 1 aromatic heterocycles. The third-order valence-corrected chi connectivity index (χ3v) is 6.27. The molecule has 1 saturated heterocycles. The lowest BCUT2D eigenvalue weighted by Crippen LogP contribution is -2.61. The molecule has 1 aliphatic heterocycles. The van der Waals surface area contributed by atoms with Gasteiger partial charge in [-0.25, -0.2) is 0 Å². The number of aliphatic hydroxyl groups excluding tert-OH is 1. The van der Waals surface area contributed by atoms with E-state index in [4.69, 9.17) is 9.63 Å². The Kier molecular flexibility index (Phi) is 5.49. The highest BCUT2D eigenvalue weighted by Gasteiger charge is 2.48. The number of aromatic nitrogens is 1. The van der Waals surface area contributed by atoms with E-state index in [9.17, 15) is 4.79 Å². The summed E-state index contributed by atoms with van der Waals surface area (Å²) in [5, 5.41) is 16.9. The fraction of sp³-hybridized carbons (Fsp3) is 0.789. The van der Waals surface area contributed by atoms with E-state index in [0.29, 0.717) is 24.4 Å². The van der Waals surface area contributed by atoms with Crippen LogP contribution in [0.5, 0.6) is 0 Å². The number of nitrogens with zero attached hydrogens (tertiary/aromatic N) is 2. The van der Waals surface area contributed by atoms with Crippen molar-refractivity contribution in [2.75, 3.05) is 19.7 Å². The maximum Gasteiger partial charge on any atom is 0.219 e. The number of amides is 1. The summed E-state index contributed by atoms with van der Waals surface area (Å²) in [5.74, 6) is 1.55. The van der Waals surface area contributed by atoms with E-state index in [2.05, 4.69) is 24.3 Å². The van der Waals surface area contributed by atoms with Crippen LogP contribution in [0.4, 0.5) is 0 Å². The van der Waals surface area contributed by atoms with Crippen LogP contribution in [0, 0.1) is 11.3 Å². The number of hydrogen-bond donors (Lipinski definition) is 2. The van der Waals surface area contributed by atoms with Crippen molar-refractivity contribution >= 4 is 5.91 Å². The van der Waals surface area contributed by atoms with E-state index in [-0.39, 0.29) is 17.9 Å². The van der Waals surface area contributed by atoms with E-state index < -0.39 is 0 Å². The average molecular weight is 349 g/mol. The maximum absolute atomic E-state index is 11.4. The molecule has 0 spiro atoms. The number of nitrogens with one attached hydrogen (secondary N) is 1. The van der Waals surface area contributed by atoms with Crippen LogP contribution in [0.25, 0.3) is 0 Å². The highest BCUT2D eigenvalue weighted by atomic mass is 16.5. The summed E-state index contributed by atoms with van der Waals surface area (Å²) in [4.78, 5) is 13.4. The standard InChI is InChI=1S/C19H31N3O3/c1-13(24)22-7-4-15(5-8-22)20-18-11-14(19(18,2)3)10-16-12-17(6-9-23)25-21-16/h12,14-15,18,20,23H,4-11H2,1-3H3/t14-,18+/m1/s1. The van der Waals surface area contributed by atoms with Crippen molar-refractivity contribution in [3.05, 3.63) is 17.5 Å². The molecule has 140 valence electrons. The number of carbonyl (C=O) groups excluding carboxylic acids is 1. The van der Waals surface area contributed by atoms with Crippen LogP contribution in [-0.4, -0.2) is 52.9 Å². The molecule has 0 aromatic carbocycles. The van der Waals surface area contributed by atoms with Crippen molar-refractivity contribution in [3.63, 3.8) is 0 Å². The fourth-order valence-electron chi connectivity index (χ4n) is 4.22. The summed E-state index contributed by atoms with van der Waals surface area (Å²) < 4.78 is 5.26. The predicted molar refractivity (Wildman–Crippen MR) is 95.1 cm³/mol. The normalized spacial score (nSPS) is 26.5. The van der Waals surface area contributed by atoms with Gasteiger partial charge in [-0.2, -0.15) is 0 Å². The quantitative estimate of drug-likeness (QED) is 0.818. The lowest BCUT2D eigenvalue weighted by Gasteiger charge is -2.54. The minimum atomic E-state index is 0.0952. The Morgan fingerprint density at radius 2 is 2.16 bits per heavy atom. The summed E-state index contributed by atoms with van der Waals surface area (Å²) in [6.07, 6.45) is 4.71. The second-order valence-corrected chi connectivity index (χ2v) is 8.22. The van der Waals surface area contributed by atoms with Crippen molar-refractivity contribution in [2.24, 2.45) is 11.3 Å². The third kappa shape index (κ3) is 4.06. The van der Waals surface area contributed by atoms with E-state index in [1.54, 1.807) is 6.92 Å². The first-order valence-electron chi connectivity index (χ1n) is 9.47. The zero-order chi connectivity index (χ0) is 18.0. The largest absolute Gasteiger partial charge is 0.396 e. The minimum absolute atomic E-state index is 0.0952. The Morgan fingerprint density at radius 3 is 2.76 bits per heavy atom. The second-order valence-electron chi connectivity index (χ2n) is 8.22. The molecule has 1 aliphatic carbocycles. The summed E-state index contributed by atoms with van der Waals surface area (Å²) >= 11 is 0. The van der Waals surface area contributed by atoms with Gasteiger partial charge < -0.3 is 19.8 Å². The SMILES string of the molecule is CC(=O)N1CCC(N[C@H]2C[C@@H](Cc3cc(CCO)on3)C2(C)C)CC1. The van der Waals surface area contributed by atoms with Crippen LogP contribution in [0.2, 0.25) is 0 Å². The van der Waals surface area contributed by atoms with E-state index in [1.165, 1.54) is 0 Å². The van der Waals surface area contributed by atoms with Gasteiger partial charge in [-0.15, -0.1) is 0 Å². The van der Waals surface area contributed by atoms with Crippen molar-refractivity contribution in [3.8, 4) is 0 Å². The molecule has 1 amide bonds. The van der Waals surface area contributed by atoms with Gasteiger partial charge in [-0.3, -0.25) is 4.79 Å². The monoisotopic (exact) mass is 349 g/mol. The van der Waals surface area contributed by atoms with Crippen LogP contribution in [0.1, 0.15) is 51.5 Å². The first-order valence-corrected chi connectivity index (χ1v) is 9.47. The topological polar surface area (TPSA) is 78.6 Å². The third-order valence-electron chi connectivity index (χ3n) is 6.27. The molecule has 2 atom stereocenters. The van der Waals surface area contributed by atoms with Gasteiger partial charge in [0.15, 0.2) is 0 Å². The van der Waals surface area contributed by atoms with Gasteiger partial charge in [0.05, 0.1) is 12.3 Å². The highest BCUT2D eigenvalue weighted by Crippen LogP contribution is 2.48. The number of hydrogen-bond acceptors (Lipinski definition) is 5. The molecule has 2 fully saturated rings. The molecule has 6 heteroatoms. The molecule has 2 N–H and O–H groups in total. The molecule has 0 bridgehead atoms. The lowest BCUT2D eigenvalue weighted by atomic mass is 9.57. The van der Waals surface area contributed by atoms with Crippen LogP contribution < -0.4 is 5.32 Å². The zero-order valence-corrected chi connectivity index (χ0v) is 15.6. The van der Waals surface area contributed by atoms with Crippen LogP contribution in [0.15, 0.2) is 10.6 Å². The molecule has 1 saturated carbocycles. The number of aliphatic hydroxyl groups is 1. The molecular weight excluding hydrogens is 318 g/mol. The average Bonchev–Trinajstić information content (AvgIpc) is 3.02. The number of carbonyl (C=O) groups is 1. The van der Waals surface area contributed by atoms with Crippen molar-refractivity contribution in [1.82, 2.24) is 15.4 Å². The molecule has 0 radical (unpaired) electrons. The Labute approximate surface area is 149 Å². The van der Waals surface area contributed by atoms with E-state index in [1.807, 2.05) is 11.0 Å². The van der Waals surface area contributed by atoms with Crippen LogP contribution >= 0.6 is 0 Å². The minimum Gasteiger partial charge on any atom is -0.396 e. The summed E-state index contributed by atoms with van der Waals surface area (Å²) in [6, 6.07) is 3.02. The Morgan fingerprint density at radius 1 is 1.44 bits per heavy atom. The maximum atomic E-state index is 11.4. The molecule has 25 heavy (non-hydrogen) atoms. The first kappa shape index (κ1) is 18.4. The van der Waals surface area contributed by atoms with E-state index in [0.717, 1.165) is 50.2 Å². The molecular formula is C19H31N3O3. The Bertz CT molecular complexity index is 590. The van der Waals surface area contributed by atoms with E-state index >= 15 is 0 Å². The van der Waals surface area contributed by atoms with Crippen LogP contribution in [-0.2, 0) is 17.6 Å². The predicted octanol–water partition coefficient (Wildman–Crippen LogP) is 1.77. The molecule has 2 aliphatic rings. The Hall–Kier alpha value is -1.40. The zero-order valence-electron chi connectivity index (χ0n) is 15.6. The van der Waals surface area contributed by atoms with Gasteiger partial charge in [-0.1, -0.05) is 19.0 Å². The summed E-state index contributed by atoms with van der Waals surface area (Å²) in [6.45, 7) is 8.16. The smallest absolute Gasteiger partial charge is 0.219 e. The lowest BCUT2D eigenvalue weighted by molar-refractivity contribution is -0.130. The highest BCUT2D eigenvalue weighted by molar-refractivity contribution is 5.73. The van der Waals surface area contributed by atoms with Crippen molar-refractivity contribution in [2.45, 2.75) is 65.0 Å². The fourth-order valence-corrected chi connectivity index (χ4v) is 4.22. The van der Waals surface area contributed by atoms with Gasteiger partial charge in [0.1, 0.15) is 5.76 Å². The molecule has 1 aromatic rings. The molecule has 0 unspecified atom stereocenters. The molecule has 6 nitrogen and oxygen atoms in total. The van der Waals surface area contributed by atoms with Gasteiger partial charge >= 0.3 is 0 Å². The van der Waals surface area contributed by atoms with Crippen molar-refractivity contribution in [1.29, 1.82) is 0 Å². The van der Waals surface area contributed by atoms with Gasteiger partial charge in [0, 0.05) is 44.6 Å². The second kappa shape index (κ2) is 7.46. The molecule has 3 rings (SSSR count). The Balaban J connectivity index is 1.47. The number of likely N-dealkylation sites (tertiary alicyclic amines) is 1. The number of rotatable bonds is 6. The van der Waals surface area contributed by atoms with Crippen LogP contribution in [0.3, 0.4) is 0 Å². The summed E-state index contributed by atoms with van der Waals surface area (Å²) in [5.41, 5.74) is 1.23. The van der Waals surface area contributed by atoms with Gasteiger partial charge in [-0.05, 0) is 37.0 Å². The van der Waals surface area contributed by atoms with Gasteiger partial charge in [0.2, 0.25) is 5.91 Å². The number of piperidine rings is 1. The van der Waals surface area contributed by atoms with Crippen molar-refractivity contribution < 1.29 is 14.4 Å². The molecule has 2 heterocycles. The first-order chi connectivity index (χ1) is 11.9.